The molecule has 0 aromatic heterocycles. The average molecular weight is 215 g/mol. The van der Waals surface area contributed by atoms with E-state index in [4.69, 9.17) is 4.74 Å². The van der Waals surface area contributed by atoms with E-state index in [2.05, 4.69) is 6.92 Å². The molecule has 0 unspecified atom stereocenters. The summed E-state index contributed by atoms with van der Waals surface area (Å²) in [4.78, 5) is 13.2. The van der Waals surface area contributed by atoms with Crippen LogP contribution in [0.5, 0.6) is 0 Å². The zero-order chi connectivity index (χ0) is 11.3. The Bertz CT molecular complexity index is 212. The first-order chi connectivity index (χ1) is 7.09. The number of rotatable bonds is 6. The van der Waals surface area contributed by atoms with Gasteiger partial charge in [0.1, 0.15) is 0 Å². The van der Waals surface area contributed by atoms with Crippen LogP contribution in [0, 0.1) is 0 Å². The van der Waals surface area contributed by atoms with Crippen LogP contribution in [0.4, 0.5) is 0 Å². The number of unbranched alkanes of at least 4 members (excludes halogenated alkanes) is 1. The van der Waals surface area contributed by atoms with Gasteiger partial charge in [0.05, 0.1) is 18.8 Å². The maximum atomic E-state index is 11.3. The summed E-state index contributed by atoms with van der Waals surface area (Å²) in [6, 6.07) is 0. The molecule has 1 saturated heterocycles. The van der Waals surface area contributed by atoms with Gasteiger partial charge in [-0.1, -0.05) is 20.3 Å². The Morgan fingerprint density at radius 2 is 2.13 bits per heavy atom. The van der Waals surface area contributed by atoms with Crippen molar-refractivity contribution in [2.24, 2.45) is 0 Å². The summed E-state index contributed by atoms with van der Waals surface area (Å²) < 4.78 is 5.03. The smallest absolute Gasteiger partial charge is 0.320 e. The highest BCUT2D eigenvalue weighted by atomic mass is 16.5. The molecule has 0 aliphatic carbocycles. The summed E-state index contributed by atoms with van der Waals surface area (Å²) in [6.07, 6.45) is 2.70. The Kier molecular flexibility index (Phi) is 4.54. The molecule has 0 saturated carbocycles. The highest BCUT2D eigenvalue weighted by Gasteiger charge is 2.40. The van der Waals surface area contributed by atoms with Crippen molar-refractivity contribution >= 4 is 5.97 Å². The summed E-state index contributed by atoms with van der Waals surface area (Å²) >= 11 is 0. The van der Waals surface area contributed by atoms with E-state index in [0.717, 1.165) is 19.3 Å². The third kappa shape index (κ3) is 3.80. The van der Waals surface area contributed by atoms with Crippen LogP contribution in [0.25, 0.3) is 0 Å². The number of esters is 1. The quantitative estimate of drug-likeness (QED) is 0.525. The first kappa shape index (κ1) is 12.5. The molecule has 15 heavy (non-hydrogen) atoms. The van der Waals surface area contributed by atoms with Crippen LogP contribution in [0.3, 0.4) is 0 Å². The molecule has 4 heteroatoms. The molecule has 1 N–H and O–H groups in total. The number of ether oxygens (including phenoxy) is 1. The Hall–Kier alpha value is -0.610. The molecule has 0 spiro atoms. The summed E-state index contributed by atoms with van der Waals surface area (Å²) in [6.45, 7) is 6.02. The van der Waals surface area contributed by atoms with Crippen molar-refractivity contribution in [3.8, 4) is 0 Å². The van der Waals surface area contributed by atoms with Gasteiger partial charge >= 0.3 is 5.97 Å². The van der Waals surface area contributed by atoms with Gasteiger partial charge < -0.3 is 9.84 Å². The van der Waals surface area contributed by atoms with Gasteiger partial charge in [0.2, 0.25) is 0 Å². The molecule has 0 amide bonds. The Labute approximate surface area is 91.2 Å². The Morgan fingerprint density at radius 1 is 1.47 bits per heavy atom. The first-order valence-corrected chi connectivity index (χ1v) is 5.70. The number of hydrogen-bond acceptors (Lipinski definition) is 4. The summed E-state index contributed by atoms with van der Waals surface area (Å²) in [7, 11) is 0. The van der Waals surface area contributed by atoms with E-state index in [1.54, 1.807) is 0 Å². The minimum absolute atomic E-state index is 0.179. The second-order valence-corrected chi connectivity index (χ2v) is 4.30. The van der Waals surface area contributed by atoms with E-state index in [0.29, 0.717) is 26.2 Å². The molecule has 4 nitrogen and oxygen atoms in total. The van der Waals surface area contributed by atoms with E-state index < -0.39 is 5.60 Å². The molecular weight excluding hydrogens is 194 g/mol. The molecule has 0 aromatic carbocycles. The van der Waals surface area contributed by atoms with Crippen molar-refractivity contribution in [2.45, 2.75) is 38.7 Å². The zero-order valence-corrected chi connectivity index (χ0v) is 9.66. The lowest BCUT2D eigenvalue weighted by molar-refractivity contribution is -0.153. The van der Waals surface area contributed by atoms with Crippen LogP contribution >= 0.6 is 0 Å². The summed E-state index contributed by atoms with van der Waals surface area (Å²) in [5.74, 6) is -0.179. The molecule has 1 heterocycles. The van der Waals surface area contributed by atoms with Crippen molar-refractivity contribution in [3.63, 3.8) is 0 Å². The van der Waals surface area contributed by atoms with E-state index in [-0.39, 0.29) is 5.97 Å². The van der Waals surface area contributed by atoms with Crippen molar-refractivity contribution in [1.29, 1.82) is 0 Å². The van der Waals surface area contributed by atoms with Gasteiger partial charge in [-0.05, 0) is 12.8 Å². The topological polar surface area (TPSA) is 49.8 Å². The minimum Gasteiger partial charge on any atom is -0.465 e. The first-order valence-electron chi connectivity index (χ1n) is 5.70. The van der Waals surface area contributed by atoms with E-state index in [9.17, 15) is 9.90 Å². The number of likely N-dealkylation sites (tertiary alicyclic amines) is 1. The molecule has 0 radical (unpaired) electrons. The maximum Gasteiger partial charge on any atom is 0.320 e. The number of hydrogen-bond donors (Lipinski definition) is 1. The Balaban J connectivity index is 2.08. The lowest BCUT2D eigenvalue weighted by atomic mass is 9.91. The van der Waals surface area contributed by atoms with E-state index in [1.807, 2.05) is 11.8 Å². The van der Waals surface area contributed by atoms with Crippen LogP contribution in [0.15, 0.2) is 0 Å². The highest BCUT2D eigenvalue weighted by Crippen LogP contribution is 2.23. The maximum absolute atomic E-state index is 11.3. The highest BCUT2D eigenvalue weighted by molar-refractivity contribution is 5.71. The molecule has 88 valence electrons. The molecule has 1 aliphatic rings. The van der Waals surface area contributed by atoms with Gasteiger partial charge in [-0.3, -0.25) is 9.69 Å². The average Bonchev–Trinajstić information content (AvgIpc) is 2.15. The second kappa shape index (κ2) is 5.47. The SMILES string of the molecule is CCCCOC(=O)CN1CC(O)(CC)C1. The van der Waals surface area contributed by atoms with Gasteiger partial charge in [-0.25, -0.2) is 0 Å². The second-order valence-electron chi connectivity index (χ2n) is 4.30. The Morgan fingerprint density at radius 3 is 2.67 bits per heavy atom. The number of carbonyl (C=O) groups is 1. The number of β-amino-alcohol motifs (C(OH)–C–C–N with tert-alkyl or cyclic N) is 1. The normalized spacial score (nSPS) is 19.7. The van der Waals surface area contributed by atoms with E-state index in [1.165, 1.54) is 0 Å². The van der Waals surface area contributed by atoms with Crippen molar-refractivity contribution in [1.82, 2.24) is 4.90 Å². The number of carbonyl (C=O) groups excluding carboxylic acids is 1. The van der Waals surface area contributed by atoms with Gasteiger partial charge in [0.25, 0.3) is 0 Å². The fourth-order valence-electron chi connectivity index (χ4n) is 1.68. The fraction of sp³-hybridized carbons (Fsp3) is 0.909. The molecular formula is C11H21NO3. The number of aliphatic hydroxyl groups is 1. The third-order valence-electron chi connectivity index (χ3n) is 2.81. The molecule has 1 aliphatic heterocycles. The number of nitrogens with zero attached hydrogens (tertiary/aromatic N) is 1. The van der Waals surface area contributed by atoms with Crippen LogP contribution in [0.1, 0.15) is 33.1 Å². The largest absolute Gasteiger partial charge is 0.465 e. The van der Waals surface area contributed by atoms with Crippen LogP contribution in [-0.4, -0.2) is 47.8 Å². The lowest BCUT2D eigenvalue weighted by Crippen LogP contribution is -2.62. The summed E-state index contributed by atoms with van der Waals surface area (Å²) in [5.41, 5.74) is -0.566. The molecule has 0 bridgehead atoms. The zero-order valence-electron chi connectivity index (χ0n) is 9.66. The molecule has 0 aromatic rings. The van der Waals surface area contributed by atoms with Crippen LogP contribution < -0.4 is 0 Å². The standard InChI is InChI=1S/C11H21NO3/c1-3-5-6-15-10(13)7-12-8-11(14,4-2)9-12/h14H,3-9H2,1-2H3. The predicted octanol–water partition coefficient (Wildman–Crippen LogP) is 0.786. The third-order valence-corrected chi connectivity index (χ3v) is 2.81. The van der Waals surface area contributed by atoms with E-state index >= 15 is 0 Å². The van der Waals surface area contributed by atoms with Gasteiger partial charge in [-0.2, -0.15) is 0 Å². The molecule has 1 fully saturated rings. The van der Waals surface area contributed by atoms with Crippen LogP contribution in [-0.2, 0) is 9.53 Å². The minimum atomic E-state index is -0.566. The van der Waals surface area contributed by atoms with Gasteiger partial charge in [0, 0.05) is 13.1 Å². The lowest BCUT2D eigenvalue weighted by Gasteiger charge is -2.45. The van der Waals surface area contributed by atoms with Crippen molar-refractivity contribution in [3.05, 3.63) is 0 Å². The van der Waals surface area contributed by atoms with Gasteiger partial charge in [-0.15, -0.1) is 0 Å². The fourth-order valence-corrected chi connectivity index (χ4v) is 1.68. The van der Waals surface area contributed by atoms with Crippen LogP contribution in [0.2, 0.25) is 0 Å². The van der Waals surface area contributed by atoms with Gasteiger partial charge in [0.15, 0.2) is 0 Å². The summed E-state index contributed by atoms with van der Waals surface area (Å²) in [5, 5.41) is 9.72. The molecule has 1 rings (SSSR count). The van der Waals surface area contributed by atoms with Crippen molar-refractivity contribution < 1.29 is 14.6 Å². The molecule has 0 atom stereocenters. The monoisotopic (exact) mass is 215 g/mol. The predicted molar refractivity (Wildman–Crippen MR) is 57.5 cm³/mol. The van der Waals surface area contributed by atoms with Crippen molar-refractivity contribution in [2.75, 3.05) is 26.2 Å².